The van der Waals surface area contributed by atoms with Gasteiger partial charge < -0.3 is 10.4 Å². The van der Waals surface area contributed by atoms with Crippen molar-refractivity contribution in [2.45, 2.75) is 13.5 Å². The van der Waals surface area contributed by atoms with E-state index in [2.05, 4.69) is 11.4 Å². The van der Waals surface area contributed by atoms with Gasteiger partial charge in [0, 0.05) is 13.1 Å². The maximum Gasteiger partial charge on any atom is 0.234 e. The normalized spacial score (nSPS) is 10.6. The van der Waals surface area contributed by atoms with Gasteiger partial charge in [0.1, 0.15) is 0 Å². The summed E-state index contributed by atoms with van der Waals surface area (Å²) < 4.78 is 0. The third-order valence-electron chi connectivity index (χ3n) is 2.47. The zero-order valence-corrected chi connectivity index (χ0v) is 10.4. The second kappa shape index (κ2) is 7.04. The van der Waals surface area contributed by atoms with Gasteiger partial charge in [0.05, 0.1) is 13.2 Å². The average Bonchev–Trinajstić information content (AvgIpc) is 2.27. The van der Waals surface area contributed by atoms with Crippen LogP contribution in [-0.4, -0.2) is 42.7 Å². The first-order valence-corrected chi connectivity index (χ1v) is 5.73. The van der Waals surface area contributed by atoms with Gasteiger partial charge in [-0.2, -0.15) is 0 Å². The molecule has 0 unspecified atom stereocenters. The number of nitrogens with zero attached hydrogens (tertiary/aromatic N) is 1. The molecule has 0 saturated carbocycles. The average molecular weight is 236 g/mol. The number of aryl methyl sites for hydroxylation is 1. The molecule has 1 aromatic rings. The van der Waals surface area contributed by atoms with Gasteiger partial charge in [0.15, 0.2) is 0 Å². The number of amides is 1. The van der Waals surface area contributed by atoms with E-state index in [-0.39, 0.29) is 12.5 Å². The molecule has 0 fully saturated rings. The van der Waals surface area contributed by atoms with E-state index < -0.39 is 0 Å². The van der Waals surface area contributed by atoms with Crippen molar-refractivity contribution in [3.05, 3.63) is 35.4 Å². The van der Waals surface area contributed by atoms with Crippen molar-refractivity contribution in [2.75, 3.05) is 26.7 Å². The van der Waals surface area contributed by atoms with Crippen molar-refractivity contribution in [2.24, 2.45) is 0 Å². The SMILES string of the molecule is Cc1cccc(CNC(=O)CN(C)CCO)c1. The summed E-state index contributed by atoms with van der Waals surface area (Å²) in [6, 6.07) is 8.05. The Hall–Kier alpha value is -1.39. The third kappa shape index (κ3) is 5.47. The molecule has 0 bridgehead atoms. The van der Waals surface area contributed by atoms with E-state index in [1.165, 1.54) is 5.56 Å². The number of carbonyl (C=O) groups excluding carboxylic acids is 1. The second-order valence-corrected chi connectivity index (χ2v) is 4.23. The van der Waals surface area contributed by atoms with Crippen LogP contribution in [0.4, 0.5) is 0 Å². The van der Waals surface area contributed by atoms with Gasteiger partial charge in [-0.1, -0.05) is 29.8 Å². The van der Waals surface area contributed by atoms with Crippen molar-refractivity contribution in [1.29, 1.82) is 0 Å². The zero-order valence-electron chi connectivity index (χ0n) is 10.4. The van der Waals surface area contributed by atoms with Crippen LogP contribution in [0.2, 0.25) is 0 Å². The van der Waals surface area contributed by atoms with Crippen LogP contribution in [-0.2, 0) is 11.3 Å². The standard InChI is InChI=1S/C13H20N2O2/c1-11-4-3-5-12(8-11)9-14-13(17)10-15(2)6-7-16/h3-5,8,16H,6-7,9-10H2,1-2H3,(H,14,17). The molecular formula is C13H20N2O2. The molecule has 1 amide bonds. The number of carbonyl (C=O) groups is 1. The topological polar surface area (TPSA) is 52.6 Å². The second-order valence-electron chi connectivity index (χ2n) is 4.23. The maximum absolute atomic E-state index is 11.6. The van der Waals surface area contributed by atoms with E-state index in [0.717, 1.165) is 5.56 Å². The molecule has 4 nitrogen and oxygen atoms in total. The molecule has 0 atom stereocenters. The van der Waals surface area contributed by atoms with E-state index in [1.807, 2.05) is 32.2 Å². The van der Waals surface area contributed by atoms with Crippen LogP contribution in [0.1, 0.15) is 11.1 Å². The van der Waals surface area contributed by atoms with E-state index in [0.29, 0.717) is 19.6 Å². The molecule has 0 saturated heterocycles. The molecule has 94 valence electrons. The molecule has 2 N–H and O–H groups in total. The lowest BCUT2D eigenvalue weighted by Crippen LogP contribution is -2.36. The van der Waals surface area contributed by atoms with Gasteiger partial charge in [-0.25, -0.2) is 0 Å². The third-order valence-corrected chi connectivity index (χ3v) is 2.47. The smallest absolute Gasteiger partial charge is 0.234 e. The lowest BCUT2D eigenvalue weighted by molar-refractivity contribution is -0.122. The van der Waals surface area contributed by atoms with Crippen molar-refractivity contribution >= 4 is 5.91 Å². The minimum atomic E-state index is -0.0255. The molecular weight excluding hydrogens is 216 g/mol. The Morgan fingerprint density at radius 1 is 1.47 bits per heavy atom. The molecule has 17 heavy (non-hydrogen) atoms. The van der Waals surface area contributed by atoms with E-state index in [4.69, 9.17) is 5.11 Å². The number of aliphatic hydroxyl groups excluding tert-OH is 1. The highest BCUT2D eigenvalue weighted by atomic mass is 16.3. The fourth-order valence-corrected chi connectivity index (χ4v) is 1.57. The van der Waals surface area contributed by atoms with Crippen molar-refractivity contribution < 1.29 is 9.90 Å². The van der Waals surface area contributed by atoms with E-state index in [1.54, 1.807) is 4.90 Å². The predicted octanol–water partition coefficient (Wildman–Crippen LogP) is 0.535. The summed E-state index contributed by atoms with van der Waals surface area (Å²) in [6.45, 7) is 3.47. The molecule has 0 aliphatic rings. The van der Waals surface area contributed by atoms with Crippen molar-refractivity contribution in [3.8, 4) is 0 Å². The summed E-state index contributed by atoms with van der Waals surface area (Å²) >= 11 is 0. The fourth-order valence-electron chi connectivity index (χ4n) is 1.57. The highest BCUT2D eigenvalue weighted by Gasteiger charge is 2.05. The molecule has 1 rings (SSSR count). The van der Waals surface area contributed by atoms with Crippen LogP contribution in [0.5, 0.6) is 0 Å². The quantitative estimate of drug-likeness (QED) is 0.758. The Labute approximate surface area is 102 Å². The zero-order chi connectivity index (χ0) is 12.7. The minimum absolute atomic E-state index is 0.0255. The molecule has 0 aromatic heterocycles. The molecule has 0 aliphatic carbocycles. The number of likely N-dealkylation sites (N-methyl/N-ethyl adjacent to an activating group) is 1. The van der Waals surface area contributed by atoms with Crippen molar-refractivity contribution in [3.63, 3.8) is 0 Å². The van der Waals surface area contributed by atoms with Gasteiger partial charge in [-0.05, 0) is 19.5 Å². The molecule has 1 aromatic carbocycles. The lowest BCUT2D eigenvalue weighted by atomic mass is 10.1. The summed E-state index contributed by atoms with van der Waals surface area (Å²) in [5, 5.41) is 11.6. The lowest BCUT2D eigenvalue weighted by Gasteiger charge is -2.14. The molecule has 0 heterocycles. The summed E-state index contributed by atoms with van der Waals surface area (Å²) in [5.41, 5.74) is 2.29. The van der Waals surface area contributed by atoms with E-state index >= 15 is 0 Å². The maximum atomic E-state index is 11.6. The Kier molecular flexibility index (Phi) is 5.66. The predicted molar refractivity (Wildman–Crippen MR) is 67.6 cm³/mol. The van der Waals surface area contributed by atoms with Gasteiger partial charge >= 0.3 is 0 Å². The van der Waals surface area contributed by atoms with Crippen LogP contribution >= 0.6 is 0 Å². The Balaban J connectivity index is 2.33. The van der Waals surface area contributed by atoms with E-state index in [9.17, 15) is 4.79 Å². The summed E-state index contributed by atoms with van der Waals surface area (Å²) in [6.07, 6.45) is 0. The van der Waals surface area contributed by atoms with Crippen LogP contribution < -0.4 is 5.32 Å². The number of benzene rings is 1. The Morgan fingerprint density at radius 3 is 2.88 bits per heavy atom. The largest absolute Gasteiger partial charge is 0.395 e. The number of nitrogens with one attached hydrogen (secondary N) is 1. The summed E-state index contributed by atoms with van der Waals surface area (Å²) in [7, 11) is 1.81. The highest BCUT2D eigenvalue weighted by molar-refractivity contribution is 5.77. The Morgan fingerprint density at radius 2 is 2.24 bits per heavy atom. The molecule has 0 aliphatic heterocycles. The molecule has 4 heteroatoms. The summed E-state index contributed by atoms with van der Waals surface area (Å²) in [4.78, 5) is 13.3. The number of hydrogen-bond acceptors (Lipinski definition) is 3. The van der Waals surface area contributed by atoms with Crippen LogP contribution in [0.3, 0.4) is 0 Å². The number of aliphatic hydroxyl groups is 1. The van der Waals surface area contributed by atoms with Gasteiger partial charge in [-0.3, -0.25) is 9.69 Å². The van der Waals surface area contributed by atoms with Crippen LogP contribution in [0, 0.1) is 6.92 Å². The summed E-state index contributed by atoms with van der Waals surface area (Å²) in [5.74, 6) is -0.0255. The first-order chi connectivity index (χ1) is 8.11. The van der Waals surface area contributed by atoms with Gasteiger partial charge in [0.2, 0.25) is 5.91 Å². The van der Waals surface area contributed by atoms with Gasteiger partial charge in [0.25, 0.3) is 0 Å². The number of rotatable bonds is 6. The monoisotopic (exact) mass is 236 g/mol. The first kappa shape index (κ1) is 13.7. The Bertz CT molecular complexity index is 366. The number of hydrogen-bond donors (Lipinski definition) is 2. The van der Waals surface area contributed by atoms with Crippen LogP contribution in [0.25, 0.3) is 0 Å². The van der Waals surface area contributed by atoms with Crippen molar-refractivity contribution in [1.82, 2.24) is 10.2 Å². The van der Waals surface area contributed by atoms with Gasteiger partial charge in [-0.15, -0.1) is 0 Å². The molecule has 0 radical (unpaired) electrons. The van der Waals surface area contributed by atoms with Crippen LogP contribution in [0.15, 0.2) is 24.3 Å². The highest BCUT2D eigenvalue weighted by Crippen LogP contribution is 2.02. The minimum Gasteiger partial charge on any atom is -0.395 e. The molecule has 0 spiro atoms. The first-order valence-electron chi connectivity index (χ1n) is 5.73. The fraction of sp³-hybridized carbons (Fsp3) is 0.462.